The molecule has 0 unspecified atom stereocenters. The van der Waals surface area contributed by atoms with Crippen LogP contribution in [0.4, 0.5) is 0 Å². The minimum Gasteiger partial charge on any atom is -0.496 e. The first-order valence-electron chi connectivity index (χ1n) is 4.86. The van der Waals surface area contributed by atoms with Gasteiger partial charge in [-0.25, -0.2) is 0 Å². The van der Waals surface area contributed by atoms with Crippen molar-refractivity contribution in [2.45, 2.75) is 0 Å². The highest BCUT2D eigenvalue weighted by molar-refractivity contribution is 9.10. The lowest BCUT2D eigenvalue weighted by Gasteiger charge is -2.07. The molecule has 0 amide bonds. The molecule has 1 aromatic carbocycles. The number of carbonyl (C=O) groups is 1. The number of hydrogen-bond acceptors (Lipinski definition) is 3. The van der Waals surface area contributed by atoms with E-state index in [1.807, 2.05) is 0 Å². The highest BCUT2D eigenvalue weighted by Crippen LogP contribution is 2.34. The Kier molecular flexibility index (Phi) is 4.33. The summed E-state index contributed by atoms with van der Waals surface area (Å²) in [6, 6.07) is 6.79. The molecule has 1 aromatic heterocycles. The van der Waals surface area contributed by atoms with Crippen LogP contribution in [0.5, 0.6) is 5.75 Å². The van der Waals surface area contributed by atoms with Gasteiger partial charge in [-0.2, -0.15) is 0 Å². The molecule has 0 bridgehead atoms. The van der Waals surface area contributed by atoms with Crippen LogP contribution >= 0.6 is 50.5 Å². The van der Waals surface area contributed by atoms with Gasteiger partial charge in [-0.3, -0.25) is 4.79 Å². The number of methoxy groups -OCH3 is 1. The summed E-state index contributed by atoms with van der Waals surface area (Å²) >= 11 is 16.3. The summed E-state index contributed by atoms with van der Waals surface area (Å²) in [5.74, 6) is 0.294. The van der Waals surface area contributed by atoms with Gasteiger partial charge in [0, 0.05) is 4.47 Å². The van der Waals surface area contributed by atoms with E-state index in [0.717, 1.165) is 4.47 Å². The zero-order valence-electron chi connectivity index (χ0n) is 9.17. The van der Waals surface area contributed by atoms with Crippen molar-refractivity contribution in [3.05, 3.63) is 48.5 Å². The number of thiophene rings is 1. The van der Waals surface area contributed by atoms with Gasteiger partial charge in [0.15, 0.2) is 5.78 Å². The Balaban J connectivity index is 2.51. The second-order valence-electron chi connectivity index (χ2n) is 3.41. The third kappa shape index (κ3) is 2.72. The first-order chi connectivity index (χ1) is 8.52. The Bertz CT molecular complexity index is 610. The van der Waals surface area contributed by atoms with Crippen molar-refractivity contribution >= 4 is 56.3 Å². The molecule has 2 aromatic rings. The predicted octanol–water partition coefficient (Wildman–Crippen LogP) is 5.06. The maximum atomic E-state index is 12.4. The molecular formula is C12H7BrCl2O2S. The number of hydrogen-bond donors (Lipinski definition) is 0. The van der Waals surface area contributed by atoms with Crippen LogP contribution in [0.2, 0.25) is 8.67 Å². The topological polar surface area (TPSA) is 26.3 Å². The average Bonchev–Trinajstić information content (AvgIpc) is 2.67. The summed E-state index contributed by atoms with van der Waals surface area (Å²) in [4.78, 5) is 12.4. The van der Waals surface area contributed by atoms with E-state index in [0.29, 0.717) is 25.5 Å². The number of carbonyl (C=O) groups excluding carboxylic acids is 1. The van der Waals surface area contributed by atoms with E-state index in [9.17, 15) is 4.79 Å². The van der Waals surface area contributed by atoms with Crippen LogP contribution in [0.25, 0.3) is 0 Å². The van der Waals surface area contributed by atoms with E-state index < -0.39 is 0 Å². The SMILES string of the molecule is COc1ccc(Br)cc1C(=O)c1cc(Cl)sc1Cl. The highest BCUT2D eigenvalue weighted by Gasteiger charge is 2.19. The Morgan fingerprint density at radius 2 is 2.00 bits per heavy atom. The fourth-order valence-electron chi connectivity index (χ4n) is 1.50. The van der Waals surface area contributed by atoms with Crippen molar-refractivity contribution in [3.8, 4) is 5.75 Å². The van der Waals surface area contributed by atoms with E-state index in [1.165, 1.54) is 18.4 Å². The van der Waals surface area contributed by atoms with E-state index in [1.54, 1.807) is 24.3 Å². The smallest absolute Gasteiger partial charge is 0.199 e. The molecule has 0 radical (unpaired) electrons. The molecule has 0 aliphatic carbocycles. The predicted molar refractivity (Wildman–Crippen MR) is 78.5 cm³/mol. The first-order valence-corrected chi connectivity index (χ1v) is 7.22. The minimum absolute atomic E-state index is 0.207. The van der Waals surface area contributed by atoms with Gasteiger partial charge in [-0.1, -0.05) is 39.1 Å². The van der Waals surface area contributed by atoms with E-state index in [2.05, 4.69) is 15.9 Å². The van der Waals surface area contributed by atoms with Gasteiger partial charge in [-0.15, -0.1) is 11.3 Å². The summed E-state index contributed by atoms with van der Waals surface area (Å²) in [7, 11) is 1.52. The normalized spacial score (nSPS) is 10.4. The molecule has 94 valence electrons. The zero-order valence-corrected chi connectivity index (χ0v) is 13.1. The molecule has 0 N–H and O–H groups in total. The molecule has 0 saturated carbocycles. The number of ketones is 1. The van der Waals surface area contributed by atoms with Crippen molar-refractivity contribution in [1.29, 1.82) is 0 Å². The molecular weight excluding hydrogens is 359 g/mol. The third-order valence-electron chi connectivity index (χ3n) is 2.31. The zero-order chi connectivity index (χ0) is 13.3. The second kappa shape index (κ2) is 5.61. The van der Waals surface area contributed by atoms with Gasteiger partial charge in [0.2, 0.25) is 0 Å². The van der Waals surface area contributed by atoms with Crippen LogP contribution < -0.4 is 4.74 Å². The Hall–Kier alpha value is -0.550. The van der Waals surface area contributed by atoms with Crippen LogP contribution in [0, 0.1) is 0 Å². The van der Waals surface area contributed by atoms with Gasteiger partial charge in [-0.05, 0) is 24.3 Å². The molecule has 2 nitrogen and oxygen atoms in total. The number of ether oxygens (including phenoxy) is 1. The summed E-state index contributed by atoms with van der Waals surface area (Å²) in [5, 5.41) is 0. The van der Waals surface area contributed by atoms with Gasteiger partial charge in [0.1, 0.15) is 10.1 Å². The lowest BCUT2D eigenvalue weighted by Crippen LogP contribution is -2.03. The average molecular weight is 366 g/mol. The molecule has 0 aliphatic rings. The Labute approximate surface area is 127 Å². The Morgan fingerprint density at radius 3 is 2.56 bits per heavy atom. The monoisotopic (exact) mass is 364 g/mol. The first kappa shape index (κ1) is 13.9. The molecule has 0 fully saturated rings. The molecule has 0 aliphatic heterocycles. The van der Waals surface area contributed by atoms with Gasteiger partial charge in [0.25, 0.3) is 0 Å². The number of halogens is 3. The van der Waals surface area contributed by atoms with Crippen molar-refractivity contribution in [2.24, 2.45) is 0 Å². The lowest BCUT2D eigenvalue weighted by atomic mass is 10.1. The lowest BCUT2D eigenvalue weighted by molar-refractivity contribution is 0.103. The third-order valence-corrected chi connectivity index (χ3v) is 4.29. The second-order valence-corrected chi connectivity index (χ2v) is 6.61. The quantitative estimate of drug-likeness (QED) is 0.711. The van der Waals surface area contributed by atoms with Gasteiger partial charge in [0.05, 0.1) is 22.6 Å². The molecule has 1 heterocycles. The molecule has 0 atom stereocenters. The van der Waals surface area contributed by atoms with Gasteiger partial charge < -0.3 is 4.74 Å². The fraction of sp³-hybridized carbons (Fsp3) is 0.0833. The molecule has 0 saturated heterocycles. The van der Waals surface area contributed by atoms with Crippen molar-refractivity contribution in [1.82, 2.24) is 0 Å². The molecule has 18 heavy (non-hydrogen) atoms. The maximum Gasteiger partial charge on any atom is 0.199 e. The van der Waals surface area contributed by atoms with Crippen LogP contribution in [0.15, 0.2) is 28.7 Å². The molecule has 6 heteroatoms. The number of rotatable bonds is 3. The van der Waals surface area contributed by atoms with Crippen molar-refractivity contribution in [3.63, 3.8) is 0 Å². The fourth-order valence-corrected chi connectivity index (χ4v) is 3.32. The van der Waals surface area contributed by atoms with Gasteiger partial charge >= 0.3 is 0 Å². The minimum atomic E-state index is -0.207. The highest BCUT2D eigenvalue weighted by atomic mass is 79.9. The maximum absolute atomic E-state index is 12.4. The molecule has 2 rings (SSSR count). The van der Waals surface area contributed by atoms with E-state index >= 15 is 0 Å². The van der Waals surface area contributed by atoms with Crippen molar-refractivity contribution in [2.75, 3.05) is 7.11 Å². The number of benzene rings is 1. The Morgan fingerprint density at radius 1 is 1.28 bits per heavy atom. The largest absolute Gasteiger partial charge is 0.496 e. The standard InChI is InChI=1S/C12H7BrCl2O2S/c1-17-9-3-2-6(13)4-7(9)11(16)8-5-10(14)18-12(8)15/h2-5H,1H3. The summed E-state index contributed by atoms with van der Waals surface area (Å²) < 4.78 is 6.84. The van der Waals surface area contributed by atoms with E-state index in [4.69, 9.17) is 27.9 Å². The summed E-state index contributed by atoms with van der Waals surface area (Å²) in [6.07, 6.45) is 0. The summed E-state index contributed by atoms with van der Waals surface area (Å²) in [6.45, 7) is 0. The van der Waals surface area contributed by atoms with Crippen LogP contribution in [0.1, 0.15) is 15.9 Å². The van der Waals surface area contributed by atoms with Crippen molar-refractivity contribution < 1.29 is 9.53 Å². The molecule has 0 spiro atoms. The van der Waals surface area contributed by atoms with Crippen LogP contribution in [-0.2, 0) is 0 Å². The summed E-state index contributed by atoms with van der Waals surface area (Å²) in [5.41, 5.74) is 0.839. The van der Waals surface area contributed by atoms with Crippen LogP contribution in [-0.4, -0.2) is 12.9 Å². The van der Waals surface area contributed by atoms with Crippen LogP contribution in [0.3, 0.4) is 0 Å². The van der Waals surface area contributed by atoms with E-state index in [-0.39, 0.29) is 5.78 Å².